The van der Waals surface area contributed by atoms with E-state index in [1.165, 1.54) is 11.3 Å². The van der Waals surface area contributed by atoms with E-state index in [4.69, 9.17) is 0 Å². The molecule has 0 aromatic rings. The van der Waals surface area contributed by atoms with E-state index in [0.717, 1.165) is 18.8 Å². The molecule has 102 valence electrons. The van der Waals surface area contributed by atoms with Crippen LogP contribution in [-0.4, -0.2) is 35.8 Å². The van der Waals surface area contributed by atoms with Gasteiger partial charge in [-0.05, 0) is 37.5 Å². The number of nitrogens with one attached hydrogen (secondary N) is 1. The first-order chi connectivity index (χ1) is 8.49. The number of hydrogen-bond acceptors (Lipinski definition) is 3. The lowest BCUT2D eigenvalue weighted by Crippen LogP contribution is -2.54. The van der Waals surface area contributed by atoms with Crippen molar-refractivity contribution in [3.8, 4) is 0 Å². The van der Waals surface area contributed by atoms with Gasteiger partial charge < -0.3 is 5.32 Å². The molecule has 4 heteroatoms. The van der Waals surface area contributed by atoms with Gasteiger partial charge in [-0.2, -0.15) is 0 Å². The standard InChI is InChI=1S/C14H24N2O2/c1-9-4-5-11(8-10(9)2)15-12-6-7-13(17)16(3)14(12)18/h9-12,15H,4-8H2,1-3H3. The van der Waals surface area contributed by atoms with Gasteiger partial charge in [0, 0.05) is 19.5 Å². The molecule has 4 unspecified atom stereocenters. The molecule has 2 amide bonds. The van der Waals surface area contributed by atoms with Crippen molar-refractivity contribution in [2.45, 2.75) is 58.0 Å². The second kappa shape index (κ2) is 5.39. The Bertz CT molecular complexity index is 343. The van der Waals surface area contributed by atoms with Crippen LogP contribution in [-0.2, 0) is 9.59 Å². The van der Waals surface area contributed by atoms with Gasteiger partial charge in [-0.1, -0.05) is 13.8 Å². The molecule has 1 aliphatic carbocycles. The first-order valence-electron chi connectivity index (χ1n) is 7.05. The SMILES string of the molecule is CC1CCC(NC2CCC(=O)N(C)C2=O)CC1C. The van der Waals surface area contributed by atoms with Crippen molar-refractivity contribution in [1.29, 1.82) is 0 Å². The maximum Gasteiger partial charge on any atom is 0.246 e. The average Bonchev–Trinajstić information content (AvgIpc) is 2.34. The van der Waals surface area contributed by atoms with E-state index in [-0.39, 0.29) is 17.9 Å². The zero-order valence-electron chi connectivity index (χ0n) is 11.6. The summed E-state index contributed by atoms with van der Waals surface area (Å²) in [5.74, 6) is 1.39. The highest BCUT2D eigenvalue weighted by atomic mass is 16.2. The Morgan fingerprint density at radius 1 is 1.11 bits per heavy atom. The number of piperidine rings is 1. The van der Waals surface area contributed by atoms with Crippen LogP contribution in [0.5, 0.6) is 0 Å². The minimum absolute atomic E-state index is 0.0521. The fourth-order valence-corrected chi connectivity index (χ4v) is 3.05. The zero-order chi connectivity index (χ0) is 13.3. The Morgan fingerprint density at radius 2 is 1.83 bits per heavy atom. The number of likely N-dealkylation sites (tertiary alicyclic amines) is 1. The van der Waals surface area contributed by atoms with Gasteiger partial charge in [0.15, 0.2) is 0 Å². The monoisotopic (exact) mass is 252 g/mol. The third kappa shape index (κ3) is 2.74. The van der Waals surface area contributed by atoms with Crippen LogP contribution >= 0.6 is 0 Å². The van der Waals surface area contributed by atoms with Crippen molar-refractivity contribution in [3.63, 3.8) is 0 Å². The van der Waals surface area contributed by atoms with E-state index in [1.54, 1.807) is 7.05 Å². The first kappa shape index (κ1) is 13.5. The molecular formula is C14H24N2O2. The minimum atomic E-state index is -0.154. The minimum Gasteiger partial charge on any atom is -0.303 e. The Labute approximate surface area is 109 Å². The van der Waals surface area contributed by atoms with Gasteiger partial charge in [-0.15, -0.1) is 0 Å². The number of hydrogen-bond donors (Lipinski definition) is 1. The molecule has 0 spiro atoms. The summed E-state index contributed by atoms with van der Waals surface area (Å²) in [7, 11) is 1.59. The van der Waals surface area contributed by atoms with E-state index < -0.39 is 0 Å². The third-order valence-electron chi connectivity index (χ3n) is 4.68. The molecule has 4 nitrogen and oxygen atoms in total. The van der Waals surface area contributed by atoms with E-state index in [0.29, 0.717) is 24.8 Å². The molecule has 1 saturated carbocycles. The number of imide groups is 1. The number of rotatable bonds is 2. The smallest absolute Gasteiger partial charge is 0.246 e. The molecule has 0 radical (unpaired) electrons. The lowest BCUT2D eigenvalue weighted by atomic mass is 9.79. The quantitative estimate of drug-likeness (QED) is 0.759. The van der Waals surface area contributed by atoms with Gasteiger partial charge in [-0.3, -0.25) is 14.5 Å². The van der Waals surface area contributed by atoms with Gasteiger partial charge in [0.1, 0.15) is 0 Å². The van der Waals surface area contributed by atoms with Crippen molar-refractivity contribution >= 4 is 11.8 Å². The number of carbonyl (C=O) groups is 2. The zero-order valence-corrected chi connectivity index (χ0v) is 11.6. The molecule has 18 heavy (non-hydrogen) atoms. The Morgan fingerprint density at radius 3 is 2.50 bits per heavy atom. The summed E-state index contributed by atoms with van der Waals surface area (Å²) in [6.07, 6.45) is 4.66. The Kier molecular flexibility index (Phi) is 4.05. The van der Waals surface area contributed by atoms with E-state index in [2.05, 4.69) is 19.2 Å². The van der Waals surface area contributed by atoms with Gasteiger partial charge in [0.2, 0.25) is 11.8 Å². The maximum absolute atomic E-state index is 12.0. The van der Waals surface area contributed by atoms with Crippen molar-refractivity contribution in [2.75, 3.05) is 7.05 Å². The van der Waals surface area contributed by atoms with Crippen LogP contribution in [0.3, 0.4) is 0 Å². The summed E-state index contributed by atoms with van der Waals surface area (Å²) < 4.78 is 0. The van der Waals surface area contributed by atoms with Crippen molar-refractivity contribution < 1.29 is 9.59 Å². The fraction of sp³-hybridized carbons (Fsp3) is 0.857. The Balaban J connectivity index is 1.90. The highest BCUT2D eigenvalue weighted by Crippen LogP contribution is 2.30. The van der Waals surface area contributed by atoms with Crippen molar-refractivity contribution in [3.05, 3.63) is 0 Å². The summed E-state index contributed by atoms with van der Waals surface area (Å²) in [4.78, 5) is 24.7. The highest BCUT2D eigenvalue weighted by Gasteiger charge is 2.34. The maximum atomic E-state index is 12.0. The van der Waals surface area contributed by atoms with Gasteiger partial charge in [0.05, 0.1) is 6.04 Å². The molecule has 0 aromatic heterocycles. The van der Waals surface area contributed by atoms with Crippen LogP contribution < -0.4 is 5.32 Å². The second-order valence-corrected chi connectivity index (χ2v) is 6.01. The second-order valence-electron chi connectivity index (χ2n) is 6.01. The van der Waals surface area contributed by atoms with E-state index in [1.807, 2.05) is 0 Å². The van der Waals surface area contributed by atoms with Crippen LogP contribution in [0.15, 0.2) is 0 Å². The van der Waals surface area contributed by atoms with Crippen molar-refractivity contribution in [2.24, 2.45) is 11.8 Å². The first-order valence-corrected chi connectivity index (χ1v) is 7.05. The van der Waals surface area contributed by atoms with Gasteiger partial charge >= 0.3 is 0 Å². The average molecular weight is 252 g/mol. The van der Waals surface area contributed by atoms with E-state index in [9.17, 15) is 9.59 Å². The molecule has 0 aromatic carbocycles. The van der Waals surface area contributed by atoms with Crippen LogP contribution in [0, 0.1) is 11.8 Å². The van der Waals surface area contributed by atoms with Crippen LogP contribution in [0.1, 0.15) is 46.0 Å². The molecule has 1 saturated heterocycles. The van der Waals surface area contributed by atoms with E-state index >= 15 is 0 Å². The summed E-state index contributed by atoms with van der Waals surface area (Å²) >= 11 is 0. The lowest BCUT2D eigenvalue weighted by molar-refractivity contribution is -0.148. The van der Waals surface area contributed by atoms with Crippen LogP contribution in [0.25, 0.3) is 0 Å². The topological polar surface area (TPSA) is 49.4 Å². The molecule has 0 bridgehead atoms. The highest BCUT2D eigenvalue weighted by molar-refractivity contribution is 6.00. The van der Waals surface area contributed by atoms with Crippen LogP contribution in [0.2, 0.25) is 0 Å². The molecule has 1 aliphatic heterocycles. The predicted molar refractivity (Wildman–Crippen MR) is 69.9 cm³/mol. The largest absolute Gasteiger partial charge is 0.303 e. The number of likely N-dealkylation sites (N-methyl/N-ethyl adjacent to an activating group) is 1. The number of amides is 2. The number of carbonyl (C=O) groups excluding carboxylic acids is 2. The summed E-state index contributed by atoms with van der Waals surface area (Å²) in [5.41, 5.74) is 0. The Hall–Kier alpha value is -0.900. The normalized spacial score (nSPS) is 38.1. The summed E-state index contributed by atoms with van der Waals surface area (Å²) in [6, 6.07) is 0.282. The summed E-state index contributed by atoms with van der Waals surface area (Å²) in [6.45, 7) is 4.59. The molecule has 1 N–H and O–H groups in total. The van der Waals surface area contributed by atoms with Crippen LogP contribution in [0.4, 0.5) is 0 Å². The molecule has 1 heterocycles. The summed E-state index contributed by atoms with van der Waals surface area (Å²) in [5, 5.41) is 3.47. The van der Waals surface area contributed by atoms with Crippen molar-refractivity contribution in [1.82, 2.24) is 10.2 Å². The van der Waals surface area contributed by atoms with Gasteiger partial charge in [0.25, 0.3) is 0 Å². The molecule has 2 rings (SSSR count). The fourth-order valence-electron chi connectivity index (χ4n) is 3.05. The molecule has 2 aliphatic rings. The predicted octanol–water partition coefficient (Wildman–Crippen LogP) is 1.55. The molecule has 4 atom stereocenters. The third-order valence-corrected chi connectivity index (χ3v) is 4.68. The molecular weight excluding hydrogens is 228 g/mol. The molecule has 2 fully saturated rings. The van der Waals surface area contributed by atoms with Gasteiger partial charge in [-0.25, -0.2) is 0 Å². The number of nitrogens with zero attached hydrogens (tertiary/aromatic N) is 1. The lowest BCUT2D eigenvalue weighted by Gasteiger charge is -2.36.